The van der Waals surface area contributed by atoms with E-state index in [1.165, 1.54) is 27.3 Å². The normalized spacial score (nSPS) is 16.1. The maximum absolute atomic E-state index is 12.9. The van der Waals surface area contributed by atoms with Gasteiger partial charge in [0.25, 0.3) is 11.8 Å². The highest BCUT2D eigenvalue weighted by atomic mass is 16.5. The van der Waals surface area contributed by atoms with E-state index >= 15 is 0 Å². The van der Waals surface area contributed by atoms with Gasteiger partial charge >= 0.3 is 6.03 Å². The van der Waals surface area contributed by atoms with Gasteiger partial charge in [-0.15, -0.1) is 0 Å². The molecular formula is C20H18N2O5. The van der Waals surface area contributed by atoms with Crippen molar-refractivity contribution in [2.75, 3.05) is 26.2 Å². The average Bonchev–Trinajstić information content (AvgIpc) is 2.70. The van der Waals surface area contributed by atoms with E-state index in [-0.39, 0.29) is 5.57 Å². The third-order valence-corrected chi connectivity index (χ3v) is 4.20. The molecule has 0 aromatic heterocycles. The van der Waals surface area contributed by atoms with Crippen LogP contribution in [0.25, 0.3) is 6.08 Å². The Balaban J connectivity index is 2.09. The lowest BCUT2D eigenvalue weighted by molar-refractivity contribution is -0.128. The van der Waals surface area contributed by atoms with Crippen LogP contribution in [0.15, 0.2) is 54.1 Å². The molecule has 1 fully saturated rings. The number of carbonyl (C=O) groups is 3. The Labute approximate surface area is 156 Å². The van der Waals surface area contributed by atoms with E-state index in [9.17, 15) is 14.4 Å². The Morgan fingerprint density at radius 3 is 2.22 bits per heavy atom. The van der Waals surface area contributed by atoms with Gasteiger partial charge < -0.3 is 9.47 Å². The number of nitrogens with zero attached hydrogens (tertiary/aromatic N) is 2. The number of hydrogen-bond donors (Lipinski definition) is 0. The molecule has 0 saturated carbocycles. The third-order valence-electron chi connectivity index (χ3n) is 4.20. The molecule has 0 N–H and O–H groups in total. The lowest BCUT2D eigenvalue weighted by Crippen LogP contribution is -2.55. The van der Waals surface area contributed by atoms with E-state index in [1.54, 1.807) is 48.5 Å². The number of amides is 4. The van der Waals surface area contributed by atoms with Crippen molar-refractivity contribution >= 4 is 29.6 Å². The van der Waals surface area contributed by atoms with Gasteiger partial charge in [-0.2, -0.15) is 0 Å². The van der Waals surface area contributed by atoms with Gasteiger partial charge in [-0.25, -0.2) is 9.69 Å². The Bertz CT molecular complexity index is 937. The molecule has 1 heterocycles. The van der Waals surface area contributed by atoms with Crippen LogP contribution in [0, 0.1) is 0 Å². The van der Waals surface area contributed by atoms with Crippen molar-refractivity contribution in [1.82, 2.24) is 4.90 Å². The first kappa shape index (κ1) is 18.2. The van der Waals surface area contributed by atoms with Crippen LogP contribution in [0.3, 0.4) is 0 Å². The highest BCUT2D eigenvalue weighted by Crippen LogP contribution is 2.29. The van der Waals surface area contributed by atoms with E-state index in [1.807, 2.05) is 0 Å². The lowest BCUT2D eigenvalue weighted by atomic mass is 10.0. The van der Waals surface area contributed by atoms with Gasteiger partial charge in [-0.1, -0.05) is 18.2 Å². The second-order valence-electron chi connectivity index (χ2n) is 5.79. The van der Waals surface area contributed by atoms with Crippen molar-refractivity contribution in [2.24, 2.45) is 0 Å². The summed E-state index contributed by atoms with van der Waals surface area (Å²) in [5.74, 6) is -0.344. The van der Waals surface area contributed by atoms with Crippen molar-refractivity contribution in [1.29, 1.82) is 0 Å². The molecule has 4 amide bonds. The number of hydrogen-bond acceptors (Lipinski definition) is 5. The molecule has 7 heteroatoms. The molecule has 27 heavy (non-hydrogen) atoms. The van der Waals surface area contributed by atoms with Crippen molar-refractivity contribution in [3.05, 3.63) is 59.7 Å². The van der Waals surface area contributed by atoms with E-state index in [4.69, 9.17) is 9.47 Å². The van der Waals surface area contributed by atoms with Crippen LogP contribution in [0.4, 0.5) is 10.5 Å². The molecule has 7 nitrogen and oxygen atoms in total. The summed E-state index contributed by atoms with van der Waals surface area (Å²) in [6.07, 6.45) is 1.42. The number of carbonyl (C=O) groups excluding carboxylic acids is 3. The second kappa shape index (κ2) is 7.33. The minimum atomic E-state index is -0.699. The van der Waals surface area contributed by atoms with Crippen LogP contribution in [0.1, 0.15) is 5.56 Å². The van der Waals surface area contributed by atoms with Gasteiger partial charge in [-0.3, -0.25) is 14.5 Å². The maximum atomic E-state index is 12.9. The summed E-state index contributed by atoms with van der Waals surface area (Å²) < 4.78 is 10.5. The number of benzene rings is 2. The zero-order valence-corrected chi connectivity index (χ0v) is 15.1. The molecule has 0 aliphatic carbocycles. The zero-order chi connectivity index (χ0) is 19.6. The number of imide groups is 2. The van der Waals surface area contributed by atoms with E-state index in [0.717, 1.165) is 9.80 Å². The number of ether oxygens (including phenoxy) is 2. The van der Waals surface area contributed by atoms with Gasteiger partial charge in [-0.05, 0) is 30.3 Å². The Morgan fingerprint density at radius 2 is 1.59 bits per heavy atom. The molecule has 1 saturated heterocycles. The lowest BCUT2D eigenvalue weighted by Gasteiger charge is -2.31. The predicted octanol–water partition coefficient (Wildman–Crippen LogP) is 2.71. The van der Waals surface area contributed by atoms with Gasteiger partial charge in [0, 0.05) is 18.7 Å². The largest absolute Gasteiger partial charge is 0.497 e. The molecule has 3 rings (SSSR count). The minimum absolute atomic E-state index is 0.135. The fourth-order valence-corrected chi connectivity index (χ4v) is 2.74. The molecule has 2 aromatic carbocycles. The minimum Gasteiger partial charge on any atom is -0.497 e. The first-order valence-corrected chi connectivity index (χ1v) is 8.13. The molecule has 0 atom stereocenters. The standard InChI is InChI=1S/C20H18N2O5/c1-21-18(23)16(11-13-9-10-15(26-2)12-17(13)27-3)19(24)22(20(21)25)14-7-5-4-6-8-14/h4-12H,1-3H3/b16-11+. The summed E-state index contributed by atoms with van der Waals surface area (Å²) in [7, 11) is 4.35. The number of anilines is 1. The number of likely N-dealkylation sites (N-methyl/N-ethyl adjacent to an activating group) is 1. The molecule has 0 bridgehead atoms. The molecular weight excluding hydrogens is 348 g/mol. The summed E-state index contributed by atoms with van der Waals surface area (Å²) >= 11 is 0. The van der Waals surface area contributed by atoms with Crippen LogP contribution in [-0.4, -0.2) is 44.0 Å². The molecule has 138 valence electrons. The smallest absolute Gasteiger partial charge is 0.338 e. The molecule has 2 aromatic rings. The second-order valence-corrected chi connectivity index (χ2v) is 5.79. The Hall–Kier alpha value is -3.61. The van der Waals surface area contributed by atoms with Crippen LogP contribution >= 0.6 is 0 Å². The van der Waals surface area contributed by atoms with E-state index in [0.29, 0.717) is 22.7 Å². The number of methoxy groups -OCH3 is 2. The fourth-order valence-electron chi connectivity index (χ4n) is 2.74. The molecule has 1 aliphatic rings. The van der Waals surface area contributed by atoms with Crippen molar-refractivity contribution in [3.63, 3.8) is 0 Å². The summed E-state index contributed by atoms with van der Waals surface area (Å²) in [5.41, 5.74) is 0.773. The quantitative estimate of drug-likeness (QED) is 0.614. The monoisotopic (exact) mass is 366 g/mol. The summed E-state index contributed by atoms with van der Waals surface area (Å²) in [5, 5.41) is 0. The van der Waals surface area contributed by atoms with Crippen molar-refractivity contribution in [3.8, 4) is 11.5 Å². The summed E-state index contributed by atoms with van der Waals surface area (Å²) in [6.45, 7) is 0. The van der Waals surface area contributed by atoms with E-state index in [2.05, 4.69) is 0 Å². The van der Waals surface area contributed by atoms with Gasteiger partial charge in [0.1, 0.15) is 17.1 Å². The molecule has 0 radical (unpaired) electrons. The SMILES string of the molecule is COc1ccc(/C=C2\C(=O)N(C)C(=O)N(c3ccccc3)C2=O)c(OC)c1. The van der Waals surface area contributed by atoms with Crippen LogP contribution in [-0.2, 0) is 9.59 Å². The van der Waals surface area contributed by atoms with Crippen LogP contribution in [0.2, 0.25) is 0 Å². The number of barbiturate groups is 1. The highest BCUT2D eigenvalue weighted by Gasteiger charge is 2.41. The first-order valence-electron chi connectivity index (χ1n) is 8.13. The maximum Gasteiger partial charge on any atom is 0.338 e. The number of para-hydroxylation sites is 1. The van der Waals surface area contributed by atoms with Crippen molar-refractivity contribution in [2.45, 2.75) is 0 Å². The number of rotatable bonds is 4. The highest BCUT2D eigenvalue weighted by molar-refractivity contribution is 6.39. The molecule has 0 spiro atoms. The van der Waals surface area contributed by atoms with Gasteiger partial charge in [0.15, 0.2) is 0 Å². The first-order chi connectivity index (χ1) is 13.0. The van der Waals surface area contributed by atoms with Gasteiger partial charge in [0.05, 0.1) is 19.9 Å². The Kier molecular flexibility index (Phi) is 4.94. The third kappa shape index (κ3) is 3.27. The predicted molar refractivity (Wildman–Crippen MR) is 99.6 cm³/mol. The summed E-state index contributed by atoms with van der Waals surface area (Å²) in [6, 6.07) is 12.8. The molecule has 0 unspecified atom stereocenters. The zero-order valence-electron chi connectivity index (χ0n) is 15.1. The van der Waals surface area contributed by atoms with E-state index < -0.39 is 17.8 Å². The fraction of sp³-hybridized carbons (Fsp3) is 0.150. The summed E-state index contributed by atoms with van der Waals surface area (Å²) in [4.78, 5) is 39.9. The van der Waals surface area contributed by atoms with Crippen LogP contribution < -0.4 is 14.4 Å². The van der Waals surface area contributed by atoms with Crippen molar-refractivity contribution < 1.29 is 23.9 Å². The molecule has 1 aliphatic heterocycles. The average molecular weight is 366 g/mol. The Morgan fingerprint density at radius 1 is 0.889 bits per heavy atom. The number of urea groups is 1. The van der Waals surface area contributed by atoms with Crippen LogP contribution in [0.5, 0.6) is 11.5 Å². The van der Waals surface area contributed by atoms with Gasteiger partial charge in [0.2, 0.25) is 0 Å². The topological polar surface area (TPSA) is 76.2 Å².